The molecular weight excluding hydrogens is 390 g/mol. The van der Waals surface area contributed by atoms with E-state index in [1.54, 1.807) is 0 Å². The van der Waals surface area contributed by atoms with Gasteiger partial charge in [-0.25, -0.2) is 4.98 Å². The van der Waals surface area contributed by atoms with E-state index in [1.807, 2.05) is 18.2 Å². The van der Waals surface area contributed by atoms with Crippen LogP contribution in [0, 0.1) is 0 Å². The summed E-state index contributed by atoms with van der Waals surface area (Å²) >= 11 is 6.29. The lowest BCUT2D eigenvalue weighted by molar-refractivity contribution is 0.876. The van der Waals surface area contributed by atoms with Gasteiger partial charge in [-0.3, -0.25) is 0 Å². The van der Waals surface area contributed by atoms with E-state index in [2.05, 4.69) is 84.5 Å². The lowest BCUT2D eigenvalue weighted by atomic mass is 9.95. The van der Waals surface area contributed by atoms with Crippen LogP contribution in [0.3, 0.4) is 0 Å². The first-order chi connectivity index (χ1) is 14.6. The normalized spacial score (nSPS) is 11.5. The number of rotatable bonds is 3. The van der Waals surface area contributed by atoms with Crippen molar-refractivity contribution in [2.75, 3.05) is 0 Å². The minimum Gasteiger partial charge on any atom is -0.208 e. The van der Waals surface area contributed by atoms with Gasteiger partial charge >= 0.3 is 0 Å². The van der Waals surface area contributed by atoms with Crippen molar-refractivity contribution >= 4 is 33.1 Å². The third-order valence-corrected chi connectivity index (χ3v) is 5.58. The molecule has 1 aromatic heterocycles. The van der Waals surface area contributed by atoms with Crippen LogP contribution in [0.4, 0.5) is 0 Å². The zero-order valence-electron chi connectivity index (χ0n) is 16.8. The number of benzene rings is 4. The Balaban J connectivity index is 1.62. The van der Waals surface area contributed by atoms with Gasteiger partial charge in [0.15, 0.2) is 11.6 Å². The van der Waals surface area contributed by atoms with Crippen LogP contribution in [0.1, 0.15) is 25.3 Å². The smallest absolute Gasteiger partial charge is 0.208 e. The topological polar surface area (TPSA) is 38.7 Å². The highest BCUT2D eigenvalue weighted by Crippen LogP contribution is 2.30. The molecule has 4 heteroatoms. The number of hydrogen-bond acceptors (Lipinski definition) is 3. The molecule has 146 valence electrons. The maximum absolute atomic E-state index is 6.29. The van der Waals surface area contributed by atoms with Crippen LogP contribution >= 0.6 is 11.6 Å². The van der Waals surface area contributed by atoms with Crippen molar-refractivity contribution < 1.29 is 0 Å². The number of hydrogen-bond donors (Lipinski definition) is 0. The van der Waals surface area contributed by atoms with Gasteiger partial charge in [0.25, 0.3) is 0 Å². The molecule has 0 spiro atoms. The first-order valence-corrected chi connectivity index (χ1v) is 10.4. The standard InChI is InChI=1S/C26H20ClN3/c1-16(2)22-9-5-8-19-15-21(12-13-23(19)22)25-28-24(29-26(27)30-25)20-11-10-17-6-3-4-7-18(17)14-20/h3-16H,1-2H3. The molecule has 0 unspecified atom stereocenters. The fraction of sp³-hybridized carbons (Fsp3) is 0.115. The molecule has 0 amide bonds. The van der Waals surface area contributed by atoms with Gasteiger partial charge in [0.05, 0.1) is 0 Å². The van der Waals surface area contributed by atoms with Crippen LogP contribution in [-0.2, 0) is 0 Å². The Kier molecular flexibility index (Phi) is 4.68. The van der Waals surface area contributed by atoms with Gasteiger partial charge < -0.3 is 0 Å². The summed E-state index contributed by atoms with van der Waals surface area (Å²) in [6.45, 7) is 4.43. The monoisotopic (exact) mass is 409 g/mol. The van der Waals surface area contributed by atoms with Crippen LogP contribution in [0.2, 0.25) is 5.28 Å². The van der Waals surface area contributed by atoms with Gasteiger partial charge in [-0.1, -0.05) is 80.6 Å². The second-order valence-electron chi connectivity index (χ2n) is 7.75. The molecule has 5 rings (SSSR count). The van der Waals surface area contributed by atoms with Crippen LogP contribution in [0.5, 0.6) is 0 Å². The highest BCUT2D eigenvalue weighted by molar-refractivity contribution is 6.28. The van der Waals surface area contributed by atoms with E-state index in [0.29, 0.717) is 17.6 Å². The summed E-state index contributed by atoms with van der Waals surface area (Å²) in [5, 5.41) is 4.94. The lowest BCUT2D eigenvalue weighted by Gasteiger charge is -2.11. The molecule has 0 atom stereocenters. The van der Waals surface area contributed by atoms with Gasteiger partial charge in [-0.15, -0.1) is 0 Å². The zero-order chi connectivity index (χ0) is 20.7. The molecule has 3 nitrogen and oxygen atoms in total. The summed E-state index contributed by atoms with van der Waals surface area (Å²) in [5.74, 6) is 1.62. The van der Waals surface area contributed by atoms with E-state index in [4.69, 9.17) is 16.6 Å². The average Bonchev–Trinajstić information content (AvgIpc) is 2.77. The average molecular weight is 410 g/mol. The van der Waals surface area contributed by atoms with Crippen molar-refractivity contribution in [3.8, 4) is 22.8 Å². The largest absolute Gasteiger partial charge is 0.226 e. The number of halogens is 1. The Labute approximate surface area is 180 Å². The summed E-state index contributed by atoms with van der Waals surface area (Å²) in [7, 11) is 0. The summed E-state index contributed by atoms with van der Waals surface area (Å²) in [5.41, 5.74) is 3.18. The summed E-state index contributed by atoms with van der Waals surface area (Å²) in [6, 6.07) is 27.1. The lowest BCUT2D eigenvalue weighted by Crippen LogP contribution is -1.97. The highest BCUT2D eigenvalue weighted by atomic mass is 35.5. The van der Waals surface area contributed by atoms with Crippen LogP contribution in [0.25, 0.3) is 44.3 Å². The van der Waals surface area contributed by atoms with Gasteiger partial charge in [0.1, 0.15) is 0 Å². The second kappa shape index (κ2) is 7.51. The van der Waals surface area contributed by atoms with Crippen LogP contribution in [0.15, 0.2) is 78.9 Å². The van der Waals surface area contributed by atoms with Crippen LogP contribution < -0.4 is 0 Å². The molecular formula is C26H20ClN3. The van der Waals surface area contributed by atoms with Crippen molar-refractivity contribution in [2.24, 2.45) is 0 Å². The van der Waals surface area contributed by atoms with Crippen molar-refractivity contribution in [1.82, 2.24) is 15.0 Å². The fourth-order valence-corrected chi connectivity index (χ4v) is 4.05. The molecule has 5 aromatic rings. The maximum Gasteiger partial charge on any atom is 0.226 e. The Hall–Kier alpha value is -3.30. The van der Waals surface area contributed by atoms with Crippen LogP contribution in [-0.4, -0.2) is 15.0 Å². The zero-order valence-corrected chi connectivity index (χ0v) is 17.6. The number of fused-ring (bicyclic) bond motifs is 2. The molecule has 0 N–H and O–H groups in total. The minimum atomic E-state index is 0.194. The molecule has 4 aromatic carbocycles. The van der Waals surface area contributed by atoms with E-state index >= 15 is 0 Å². The SMILES string of the molecule is CC(C)c1cccc2cc(-c3nc(Cl)nc(-c4ccc5ccccc5c4)n3)ccc12. The summed E-state index contributed by atoms with van der Waals surface area (Å²) in [6.07, 6.45) is 0. The van der Waals surface area contributed by atoms with Crippen molar-refractivity contribution in [2.45, 2.75) is 19.8 Å². The molecule has 0 bridgehead atoms. The molecule has 30 heavy (non-hydrogen) atoms. The maximum atomic E-state index is 6.29. The molecule has 0 aliphatic rings. The van der Waals surface area contributed by atoms with Gasteiger partial charge in [0, 0.05) is 11.1 Å². The van der Waals surface area contributed by atoms with E-state index in [-0.39, 0.29) is 5.28 Å². The Morgan fingerprint density at radius 2 is 1.27 bits per heavy atom. The fourth-order valence-electron chi connectivity index (χ4n) is 3.89. The minimum absolute atomic E-state index is 0.194. The Morgan fingerprint density at radius 3 is 2.00 bits per heavy atom. The predicted octanol–water partition coefficient (Wildman–Crippen LogP) is 7.29. The van der Waals surface area contributed by atoms with E-state index < -0.39 is 0 Å². The molecule has 0 saturated heterocycles. The molecule has 0 aliphatic heterocycles. The molecule has 0 radical (unpaired) electrons. The number of aromatic nitrogens is 3. The molecule has 1 heterocycles. The first kappa shape index (κ1) is 18.7. The molecule has 0 aliphatic carbocycles. The quantitative estimate of drug-likeness (QED) is 0.314. The van der Waals surface area contributed by atoms with Crippen molar-refractivity contribution in [3.63, 3.8) is 0 Å². The third kappa shape index (κ3) is 3.42. The van der Waals surface area contributed by atoms with E-state index in [0.717, 1.165) is 16.5 Å². The molecule has 0 fully saturated rings. The first-order valence-electron chi connectivity index (χ1n) is 10.0. The molecule has 0 saturated carbocycles. The van der Waals surface area contributed by atoms with Crippen molar-refractivity contribution in [1.29, 1.82) is 0 Å². The predicted molar refractivity (Wildman–Crippen MR) is 125 cm³/mol. The third-order valence-electron chi connectivity index (χ3n) is 5.41. The Morgan fingerprint density at radius 1 is 0.633 bits per heavy atom. The van der Waals surface area contributed by atoms with Gasteiger partial charge in [0.2, 0.25) is 5.28 Å². The van der Waals surface area contributed by atoms with E-state index in [1.165, 1.54) is 21.7 Å². The summed E-state index contributed by atoms with van der Waals surface area (Å²) < 4.78 is 0. The van der Waals surface area contributed by atoms with Gasteiger partial charge in [-0.05, 0) is 56.8 Å². The highest BCUT2D eigenvalue weighted by Gasteiger charge is 2.12. The van der Waals surface area contributed by atoms with Gasteiger partial charge in [-0.2, -0.15) is 9.97 Å². The summed E-state index contributed by atoms with van der Waals surface area (Å²) in [4.78, 5) is 13.5. The second-order valence-corrected chi connectivity index (χ2v) is 8.09. The number of nitrogens with zero attached hydrogens (tertiary/aromatic N) is 3. The van der Waals surface area contributed by atoms with Crippen molar-refractivity contribution in [3.05, 3.63) is 89.7 Å². The van der Waals surface area contributed by atoms with E-state index in [9.17, 15) is 0 Å². The Bertz CT molecular complexity index is 1390.